The number of nitrogens with one attached hydrogen (secondary N) is 1. The molecule has 0 aliphatic carbocycles. The summed E-state index contributed by atoms with van der Waals surface area (Å²) in [5.41, 5.74) is 8.06. The van der Waals surface area contributed by atoms with Crippen molar-refractivity contribution in [2.24, 2.45) is 10.8 Å². The first-order valence-electron chi connectivity index (χ1n) is 6.03. The molecule has 21 heavy (non-hydrogen) atoms. The van der Waals surface area contributed by atoms with Crippen LogP contribution in [-0.2, 0) is 4.79 Å². The zero-order valence-corrected chi connectivity index (χ0v) is 11.0. The van der Waals surface area contributed by atoms with Crippen molar-refractivity contribution in [3.05, 3.63) is 54.0 Å². The molecule has 7 nitrogen and oxygen atoms in total. The third-order valence-electron chi connectivity index (χ3n) is 2.39. The summed E-state index contributed by atoms with van der Waals surface area (Å²) in [4.78, 5) is 22.1. The lowest BCUT2D eigenvalue weighted by Crippen LogP contribution is -2.20. The second kappa shape index (κ2) is 6.90. The van der Waals surface area contributed by atoms with Crippen molar-refractivity contribution in [3.63, 3.8) is 0 Å². The molecule has 0 saturated heterocycles. The van der Waals surface area contributed by atoms with Crippen molar-refractivity contribution in [1.82, 2.24) is 5.43 Å². The largest absolute Gasteiger partial charge is 0.484 e. The maximum atomic E-state index is 11.5. The lowest BCUT2D eigenvalue weighted by molar-refractivity contribution is -0.119. The standard InChI is InChI=1S/C14H13N3O4/c15-13(18)9-21-11-5-3-10(4-6-11)8-16-17-14(19)12-2-1-7-20-12/h1-8H,9H2,(H2,15,18)(H,17,19)/b16-8-. The Morgan fingerprint density at radius 1 is 1.29 bits per heavy atom. The number of hydrazone groups is 1. The Bertz CT molecular complexity index is 633. The van der Waals surface area contributed by atoms with Crippen LogP contribution < -0.4 is 15.9 Å². The average molecular weight is 287 g/mol. The van der Waals surface area contributed by atoms with E-state index in [2.05, 4.69) is 10.5 Å². The van der Waals surface area contributed by atoms with Gasteiger partial charge in [0, 0.05) is 0 Å². The number of rotatable bonds is 6. The predicted octanol–water partition coefficient (Wildman–Crippen LogP) is 0.908. The Hall–Kier alpha value is -3.09. The number of furan rings is 1. The first-order valence-corrected chi connectivity index (χ1v) is 6.03. The summed E-state index contributed by atoms with van der Waals surface area (Å²) < 4.78 is 10.0. The van der Waals surface area contributed by atoms with Gasteiger partial charge in [-0.15, -0.1) is 0 Å². The van der Waals surface area contributed by atoms with Gasteiger partial charge in [0.15, 0.2) is 12.4 Å². The normalized spacial score (nSPS) is 10.5. The second-order valence-corrected chi connectivity index (χ2v) is 4.00. The van der Waals surface area contributed by atoms with Crippen LogP contribution in [0.2, 0.25) is 0 Å². The molecule has 1 aromatic carbocycles. The van der Waals surface area contributed by atoms with Crippen molar-refractivity contribution >= 4 is 18.0 Å². The van der Waals surface area contributed by atoms with E-state index in [-0.39, 0.29) is 12.4 Å². The molecule has 0 spiro atoms. The molecule has 7 heteroatoms. The molecule has 108 valence electrons. The number of primary amides is 1. The van der Waals surface area contributed by atoms with Gasteiger partial charge < -0.3 is 14.9 Å². The molecule has 0 fully saturated rings. The summed E-state index contributed by atoms with van der Waals surface area (Å²) >= 11 is 0. The van der Waals surface area contributed by atoms with Crippen LogP contribution in [0.15, 0.2) is 52.2 Å². The number of carbonyl (C=O) groups excluding carboxylic acids is 2. The molecule has 0 saturated carbocycles. The smallest absolute Gasteiger partial charge is 0.307 e. The van der Waals surface area contributed by atoms with Crippen LogP contribution in [0.3, 0.4) is 0 Å². The van der Waals surface area contributed by atoms with Gasteiger partial charge in [0.1, 0.15) is 5.75 Å². The summed E-state index contributed by atoms with van der Waals surface area (Å²) in [6.07, 6.45) is 2.88. The summed E-state index contributed by atoms with van der Waals surface area (Å²) in [6.45, 7) is -0.174. The molecule has 2 amide bonds. The van der Waals surface area contributed by atoms with Crippen LogP contribution in [-0.4, -0.2) is 24.6 Å². The van der Waals surface area contributed by atoms with Crippen LogP contribution in [0, 0.1) is 0 Å². The zero-order chi connectivity index (χ0) is 15.1. The highest BCUT2D eigenvalue weighted by Gasteiger charge is 2.05. The Balaban J connectivity index is 1.86. The van der Waals surface area contributed by atoms with Gasteiger partial charge in [-0.3, -0.25) is 9.59 Å². The molecule has 0 atom stereocenters. The molecule has 1 heterocycles. The van der Waals surface area contributed by atoms with E-state index in [0.717, 1.165) is 5.56 Å². The first-order chi connectivity index (χ1) is 10.1. The summed E-state index contributed by atoms with van der Waals surface area (Å²) in [5.74, 6) is -0.271. The van der Waals surface area contributed by atoms with Crippen LogP contribution >= 0.6 is 0 Å². The quantitative estimate of drug-likeness (QED) is 0.608. The van der Waals surface area contributed by atoms with Crippen LogP contribution in [0.1, 0.15) is 16.1 Å². The Morgan fingerprint density at radius 3 is 2.67 bits per heavy atom. The maximum Gasteiger partial charge on any atom is 0.307 e. The average Bonchev–Trinajstić information content (AvgIpc) is 3.00. The van der Waals surface area contributed by atoms with E-state index in [0.29, 0.717) is 5.75 Å². The highest BCUT2D eigenvalue weighted by atomic mass is 16.5. The molecule has 1 aromatic heterocycles. The molecule has 0 bridgehead atoms. The lowest BCUT2D eigenvalue weighted by Gasteiger charge is -2.03. The third-order valence-corrected chi connectivity index (χ3v) is 2.39. The van der Waals surface area contributed by atoms with Crippen LogP contribution in [0.4, 0.5) is 0 Å². The number of hydrogen-bond donors (Lipinski definition) is 2. The van der Waals surface area contributed by atoms with E-state index < -0.39 is 11.8 Å². The van der Waals surface area contributed by atoms with Crippen molar-refractivity contribution in [2.75, 3.05) is 6.61 Å². The van der Waals surface area contributed by atoms with Crippen molar-refractivity contribution in [2.45, 2.75) is 0 Å². The monoisotopic (exact) mass is 287 g/mol. The third kappa shape index (κ3) is 4.50. The predicted molar refractivity (Wildman–Crippen MR) is 74.9 cm³/mol. The van der Waals surface area contributed by atoms with Gasteiger partial charge >= 0.3 is 5.91 Å². The summed E-state index contributed by atoms with van der Waals surface area (Å²) in [5, 5.41) is 3.80. The molecule has 2 aromatic rings. The minimum atomic E-state index is -0.540. The second-order valence-electron chi connectivity index (χ2n) is 4.00. The van der Waals surface area contributed by atoms with E-state index in [4.69, 9.17) is 14.9 Å². The molecule has 0 aliphatic heterocycles. The first kappa shape index (κ1) is 14.3. The lowest BCUT2D eigenvalue weighted by atomic mass is 10.2. The number of benzene rings is 1. The summed E-state index contributed by atoms with van der Waals surface area (Å²) in [7, 11) is 0. The van der Waals surface area contributed by atoms with Gasteiger partial charge in [-0.2, -0.15) is 5.10 Å². The van der Waals surface area contributed by atoms with Crippen molar-refractivity contribution in [3.8, 4) is 5.75 Å². The Labute approximate surface area is 120 Å². The summed E-state index contributed by atoms with van der Waals surface area (Å²) in [6, 6.07) is 9.92. The zero-order valence-electron chi connectivity index (χ0n) is 11.0. The van der Waals surface area contributed by atoms with Crippen LogP contribution in [0.25, 0.3) is 0 Å². The van der Waals surface area contributed by atoms with Crippen molar-refractivity contribution in [1.29, 1.82) is 0 Å². The molecule has 0 aliphatic rings. The van der Waals surface area contributed by atoms with Gasteiger partial charge in [-0.1, -0.05) is 0 Å². The topological polar surface area (TPSA) is 107 Å². The minimum Gasteiger partial charge on any atom is -0.484 e. The number of nitrogens with two attached hydrogens (primary N) is 1. The number of ether oxygens (including phenoxy) is 1. The molecule has 0 radical (unpaired) electrons. The highest BCUT2D eigenvalue weighted by Crippen LogP contribution is 2.10. The molecule has 2 rings (SSSR count). The SMILES string of the molecule is NC(=O)COc1ccc(/C=N\NC(=O)c2ccco2)cc1. The van der Waals surface area contributed by atoms with Gasteiger partial charge in [-0.25, -0.2) is 5.43 Å². The van der Waals surface area contributed by atoms with Crippen LogP contribution in [0.5, 0.6) is 5.75 Å². The van der Waals surface area contributed by atoms with E-state index in [1.165, 1.54) is 18.5 Å². The molecular formula is C14H13N3O4. The van der Waals surface area contributed by atoms with E-state index in [1.54, 1.807) is 30.3 Å². The number of amides is 2. The molecular weight excluding hydrogens is 274 g/mol. The Morgan fingerprint density at radius 2 is 2.05 bits per heavy atom. The maximum absolute atomic E-state index is 11.5. The fraction of sp³-hybridized carbons (Fsp3) is 0.0714. The van der Waals surface area contributed by atoms with Gasteiger partial charge in [0.05, 0.1) is 12.5 Å². The number of carbonyl (C=O) groups is 2. The van der Waals surface area contributed by atoms with E-state index >= 15 is 0 Å². The molecule has 0 unspecified atom stereocenters. The fourth-order valence-corrected chi connectivity index (χ4v) is 1.43. The Kier molecular flexibility index (Phi) is 4.70. The van der Waals surface area contributed by atoms with Gasteiger partial charge in [0.2, 0.25) is 0 Å². The van der Waals surface area contributed by atoms with Gasteiger partial charge in [-0.05, 0) is 42.0 Å². The minimum absolute atomic E-state index is 0.174. The number of nitrogens with zero attached hydrogens (tertiary/aromatic N) is 1. The van der Waals surface area contributed by atoms with Crippen molar-refractivity contribution < 1.29 is 18.7 Å². The van der Waals surface area contributed by atoms with E-state index in [1.807, 2.05) is 0 Å². The van der Waals surface area contributed by atoms with Gasteiger partial charge in [0.25, 0.3) is 5.91 Å². The highest BCUT2D eigenvalue weighted by molar-refractivity contribution is 5.92. The van der Waals surface area contributed by atoms with E-state index in [9.17, 15) is 9.59 Å². The molecule has 3 N–H and O–H groups in total. The number of hydrogen-bond acceptors (Lipinski definition) is 5. The fourth-order valence-electron chi connectivity index (χ4n) is 1.43.